The first kappa shape index (κ1) is 25.2. The molecule has 3 rings (SSSR count). The van der Waals surface area contributed by atoms with Crippen LogP contribution < -0.4 is 14.8 Å². The lowest BCUT2D eigenvalue weighted by Crippen LogP contribution is -2.18. The minimum atomic E-state index is -1.23. The van der Waals surface area contributed by atoms with Crippen molar-refractivity contribution in [3.05, 3.63) is 63.2 Å². The van der Waals surface area contributed by atoms with Gasteiger partial charge in [0.05, 0.1) is 23.4 Å². The third kappa shape index (κ3) is 5.56. The first-order valence-electron chi connectivity index (χ1n) is 10.6. The maximum absolute atomic E-state index is 13.0. The molecule has 2 aromatic carbocycles. The number of hydrogen-bond donors (Lipinski definition) is 1. The Morgan fingerprint density at radius 2 is 2.00 bits per heavy atom. The normalized spacial score (nSPS) is 12.7. The molecule has 180 valence electrons. The largest absolute Gasteiger partial charge is 0.496 e. The van der Waals surface area contributed by atoms with Crippen molar-refractivity contribution in [1.82, 2.24) is 0 Å². The van der Waals surface area contributed by atoms with E-state index in [1.165, 1.54) is 7.11 Å². The maximum atomic E-state index is 13.0. The molecule has 1 N–H and O–H groups in total. The number of benzene rings is 2. The summed E-state index contributed by atoms with van der Waals surface area (Å²) in [7, 11) is 1.48. The number of fused-ring (bicyclic) bond motifs is 1. The molecule has 1 heterocycles. The number of anilines is 1. The zero-order chi connectivity index (χ0) is 24.8. The standard InChI is InChI=1S/C25H25ClFNO6/c1-14(9-11-21(30)34-19-7-5-4-6-18(19)26)8-10-16-23(28-20(29)12-27)22-17(13-33-25(22)31)15(2)24(16)32-3/h4-8H,9-13H2,1-3H3,(H,28,29). The van der Waals surface area contributed by atoms with E-state index in [-0.39, 0.29) is 30.7 Å². The Kier molecular flexibility index (Phi) is 8.28. The number of cyclic esters (lactones) is 1. The quantitative estimate of drug-likeness (QED) is 0.299. The van der Waals surface area contributed by atoms with Gasteiger partial charge in [-0.15, -0.1) is 0 Å². The number of rotatable bonds is 9. The van der Waals surface area contributed by atoms with Crippen LogP contribution in [0.2, 0.25) is 5.02 Å². The number of ether oxygens (including phenoxy) is 3. The molecule has 0 saturated heterocycles. The van der Waals surface area contributed by atoms with Gasteiger partial charge in [0.2, 0.25) is 0 Å². The minimum Gasteiger partial charge on any atom is -0.496 e. The SMILES string of the molecule is COc1c(C)c2c(c(NC(=O)CF)c1CC=C(C)CCC(=O)Oc1ccccc1Cl)C(=O)OC2. The van der Waals surface area contributed by atoms with Crippen LogP contribution in [0.5, 0.6) is 11.5 Å². The van der Waals surface area contributed by atoms with Crippen LogP contribution >= 0.6 is 11.6 Å². The molecule has 0 unspecified atom stereocenters. The number of methoxy groups -OCH3 is 1. The fraction of sp³-hybridized carbons (Fsp3) is 0.320. The van der Waals surface area contributed by atoms with E-state index in [0.29, 0.717) is 39.6 Å². The van der Waals surface area contributed by atoms with Gasteiger partial charge in [0.15, 0.2) is 6.67 Å². The summed E-state index contributed by atoms with van der Waals surface area (Å²) in [6.07, 6.45) is 2.69. The topological polar surface area (TPSA) is 90.9 Å². The van der Waals surface area contributed by atoms with Crippen LogP contribution in [0.15, 0.2) is 35.9 Å². The average Bonchev–Trinajstić information content (AvgIpc) is 3.21. The Morgan fingerprint density at radius 1 is 1.26 bits per heavy atom. The summed E-state index contributed by atoms with van der Waals surface area (Å²) in [5.74, 6) is -1.11. The van der Waals surface area contributed by atoms with Gasteiger partial charge >= 0.3 is 11.9 Å². The van der Waals surface area contributed by atoms with E-state index in [9.17, 15) is 18.8 Å². The smallest absolute Gasteiger partial charge is 0.341 e. The molecule has 9 heteroatoms. The van der Waals surface area contributed by atoms with Gasteiger partial charge < -0.3 is 19.5 Å². The van der Waals surface area contributed by atoms with Crippen molar-refractivity contribution in [3.8, 4) is 11.5 Å². The van der Waals surface area contributed by atoms with E-state index in [1.807, 2.05) is 13.0 Å². The van der Waals surface area contributed by atoms with Gasteiger partial charge in [0.1, 0.15) is 18.1 Å². The highest BCUT2D eigenvalue weighted by molar-refractivity contribution is 6.32. The average molecular weight is 490 g/mol. The fourth-order valence-corrected chi connectivity index (χ4v) is 3.92. The van der Waals surface area contributed by atoms with Gasteiger partial charge in [0, 0.05) is 17.5 Å². The number of para-hydroxylation sites is 1. The minimum absolute atomic E-state index is 0.0531. The van der Waals surface area contributed by atoms with Crippen molar-refractivity contribution in [2.24, 2.45) is 0 Å². The number of amides is 1. The Bertz CT molecular complexity index is 1160. The third-order valence-corrected chi connectivity index (χ3v) is 5.81. The van der Waals surface area contributed by atoms with E-state index in [0.717, 1.165) is 5.57 Å². The molecule has 2 aromatic rings. The Labute approximate surface area is 201 Å². The number of esters is 2. The number of halogens is 2. The summed E-state index contributed by atoms with van der Waals surface area (Å²) in [6, 6.07) is 6.71. The Morgan fingerprint density at radius 3 is 2.68 bits per heavy atom. The summed E-state index contributed by atoms with van der Waals surface area (Å²) in [6.45, 7) is 2.47. The van der Waals surface area contributed by atoms with Crippen molar-refractivity contribution in [2.75, 3.05) is 19.1 Å². The summed E-state index contributed by atoms with van der Waals surface area (Å²) in [4.78, 5) is 36.4. The van der Waals surface area contributed by atoms with Crippen LogP contribution in [0.4, 0.5) is 10.1 Å². The highest BCUT2D eigenvalue weighted by atomic mass is 35.5. The summed E-state index contributed by atoms with van der Waals surface area (Å²) >= 11 is 6.01. The fourth-order valence-electron chi connectivity index (χ4n) is 3.74. The van der Waals surface area contributed by atoms with Crippen LogP contribution in [-0.4, -0.2) is 31.6 Å². The van der Waals surface area contributed by atoms with Crippen LogP contribution in [0.3, 0.4) is 0 Å². The van der Waals surface area contributed by atoms with Gasteiger partial charge in [0.25, 0.3) is 5.91 Å². The van der Waals surface area contributed by atoms with Crippen LogP contribution in [0, 0.1) is 6.92 Å². The van der Waals surface area contributed by atoms with Gasteiger partial charge in [-0.05, 0) is 44.4 Å². The number of carbonyl (C=O) groups is 3. The predicted octanol–water partition coefficient (Wildman–Crippen LogP) is 5.11. The summed E-state index contributed by atoms with van der Waals surface area (Å²) in [5, 5.41) is 2.84. The second-order valence-corrected chi connectivity index (χ2v) is 8.19. The lowest BCUT2D eigenvalue weighted by atomic mass is 9.93. The second kappa shape index (κ2) is 11.2. The summed E-state index contributed by atoms with van der Waals surface area (Å²) in [5.41, 5.74) is 3.11. The third-order valence-electron chi connectivity index (χ3n) is 5.50. The molecule has 0 saturated carbocycles. The number of alkyl halides is 1. The lowest BCUT2D eigenvalue weighted by molar-refractivity contribution is -0.134. The molecule has 0 bridgehead atoms. The highest BCUT2D eigenvalue weighted by Gasteiger charge is 2.32. The van der Waals surface area contributed by atoms with Crippen molar-refractivity contribution in [1.29, 1.82) is 0 Å². The van der Waals surface area contributed by atoms with Crippen molar-refractivity contribution in [2.45, 2.75) is 39.7 Å². The van der Waals surface area contributed by atoms with Crippen LogP contribution in [0.1, 0.15) is 46.8 Å². The number of hydrogen-bond acceptors (Lipinski definition) is 6. The molecule has 0 fully saturated rings. The number of nitrogens with one attached hydrogen (secondary N) is 1. The molecule has 0 aromatic heterocycles. The number of carbonyl (C=O) groups excluding carboxylic acids is 3. The zero-order valence-corrected chi connectivity index (χ0v) is 19.9. The van der Waals surface area contributed by atoms with Crippen LogP contribution in [-0.2, 0) is 27.4 Å². The molecule has 0 radical (unpaired) electrons. The molecule has 7 nitrogen and oxygen atoms in total. The van der Waals surface area contributed by atoms with Crippen molar-refractivity contribution >= 4 is 35.1 Å². The van der Waals surface area contributed by atoms with E-state index >= 15 is 0 Å². The molecule has 0 aliphatic carbocycles. The molecular formula is C25H25ClFNO6. The molecule has 0 spiro atoms. The summed E-state index contributed by atoms with van der Waals surface area (Å²) < 4.78 is 29.0. The van der Waals surface area contributed by atoms with Gasteiger partial charge in [-0.1, -0.05) is 35.4 Å². The van der Waals surface area contributed by atoms with Crippen LogP contribution in [0.25, 0.3) is 0 Å². The van der Waals surface area contributed by atoms with Gasteiger partial charge in [-0.2, -0.15) is 0 Å². The lowest BCUT2D eigenvalue weighted by Gasteiger charge is -2.19. The maximum Gasteiger partial charge on any atom is 0.341 e. The van der Waals surface area contributed by atoms with E-state index in [1.54, 1.807) is 31.2 Å². The molecule has 1 aliphatic heterocycles. The monoisotopic (exact) mass is 489 g/mol. The molecule has 0 atom stereocenters. The van der Waals surface area contributed by atoms with Gasteiger partial charge in [-0.3, -0.25) is 9.59 Å². The number of allylic oxidation sites excluding steroid dienone is 2. The van der Waals surface area contributed by atoms with Gasteiger partial charge in [-0.25, -0.2) is 9.18 Å². The van der Waals surface area contributed by atoms with E-state index in [2.05, 4.69) is 5.32 Å². The predicted molar refractivity (Wildman–Crippen MR) is 125 cm³/mol. The molecule has 1 amide bonds. The molecular weight excluding hydrogens is 465 g/mol. The highest BCUT2D eigenvalue weighted by Crippen LogP contribution is 2.41. The second-order valence-electron chi connectivity index (χ2n) is 7.78. The van der Waals surface area contributed by atoms with Crippen molar-refractivity contribution in [3.63, 3.8) is 0 Å². The Hall–Kier alpha value is -3.39. The zero-order valence-electron chi connectivity index (χ0n) is 19.1. The van der Waals surface area contributed by atoms with E-state index in [4.69, 9.17) is 25.8 Å². The Balaban J connectivity index is 1.81. The van der Waals surface area contributed by atoms with E-state index < -0.39 is 24.5 Å². The van der Waals surface area contributed by atoms with Crippen molar-refractivity contribution < 1.29 is 33.0 Å². The molecule has 1 aliphatic rings. The first-order valence-corrected chi connectivity index (χ1v) is 11.0. The first-order chi connectivity index (χ1) is 16.3. The molecule has 34 heavy (non-hydrogen) atoms.